The Kier molecular flexibility index (Phi) is 47.5. The molecule has 0 spiro atoms. The SMILES string of the molecule is CC(C)=O.CC(C)=O.CC(C)=O.Cl.N. The normalized spacial score (nSPS) is 5.57. The van der Waals surface area contributed by atoms with Crippen molar-refractivity contribution in [2.75, 3.05) is 0 Å². The highest BCUT2D eigenvalue weighted by Gasteiger charge is 1.63. The van der Waals surface area contributed by atoms with E-state index in [4.69, 9.17) is 0 Å². The first-order chi connectivity index (χ1) is 5.20. The second-order valence-electron chi connectivity index (χ2n) is 2.72. The molecule has 0 aromatic carbocycles. The highest BCUT2D eigenvalue weighted by Crippen LogP contribution is 1.51. The molecule has 3 N–H and O–H groups in total. The zero-order valence-corrected chi connectivity index (χ0v) is 10.7. The molecule has 0 aromatic heterocycles. The van der Waals surface area contributed by atoms with Crippen molar-refractivity contribution in [2.45, 2.75) is 41.5 Å². The predicted molar refractivity (Wildman–Crippen MR) is 61.3 cm³/mol. The molecular weight excluding hydrogens is 206 g/mol. The van der Waals surface area contributed by atoms with E-state index in [9.17, 15) is 14.4 Å². The van der Waals surface area contributed by atoms with E-state index in [2.05, 4.69) is 0 Å². The summed E-state index contributed by atoms with van der Waals surface area (Å²) in [5.74, 6) is 0.500. The molecule has 5 heteroatoms. The van der Waals surface area contributed by atoms with Gasteiger partial charge in [0.25, 0.3) is 0 Å². The molecule has 88 valence electrons. The lowest BCUT2D eigenvalue weighted by atomic mass is 10.6. The molecule has 0 atom stereocenters. The maximum atomic E-state index is 9.44. The highest BCUT2D eigenvalue weighted by molar-refractivity contribution is 5.85. The zero-order chi connectivity index (χ0) is 10.7. The molecule has 0 radical (unpaired) electrons. The van der Waals surface area contributed by atoms with Gasteiger partial charge < -0.3 is 20.5 Å². The van der Waals surface area contributed by atoms with Crippen LogP contribution in [0.2, 0.25) is 0 Å². The Balaban J connectivity index is -0.0000000270. The summed E-state index contributed by atoms with van der Waals surface area (Å²) >= 11 is 0. The number of Topliss-reactive ketones (excluding diaryl/α,β-unsaturated/α-hetero) is 3. The average Bonchev–Trinajstić information content (AvgIpc) is 1.54. The molecule has 0 aliphatic carbocycles. The van der Waals surface area contributed by atoms with Crippen molar-refractivity contribution in [1.82, 2.24) is 6.15 Å². The number of carbonyl (C=O) groups is 3. The van der Waals surface area contributed by atoms with Gasteiger partial charge in [-0.1, -0.05) is 0 Å². The molecule has 0 bridgehead atoms. The van der Waals surface area contributed by atoms with Crippen LogP contribution in [0.3, 0.4) is 0 Å². The number of rotatable bonds is 0. The van der Waals surface area contributed by atoms with Gasteiger partial charge >= 0.3 is 0 Å². The number of halogens is 1. The summed E-state index contributed by atoms with van der Waals surface area (Å²) in [6.07, 6.45) is 0. The Morgan fingerprint density at radius 2 is 0.571 bits per heavy atom. The van der Waals surface area contributed by atoms with Crippen molar-refractivity contribution in [3.8, 4) is 0 Å². The van der Waals surface area contributed by atoms with E-state index in [-0.39, 0.29) is 35.9 Å². The summed E-state index contributed by atoms with van der Waals surface area (Å²) in [5.41, 5.74) is 0. The third-order valence-corrected chi connectivity index (χ3v) is 0. The molecule has 0 amide bonds. The lowest BCUT2D eigenvalue weighted by molar-refractivity contribution is -0.115. The lowest BCUT2D eigenvalue weighted by Gasteiger charge is -1.56. The Morgan fingerprint density at radius 1 is 0.571 bits per heavy atom. The van der Waals surface area contributed by atoms with E-state index in [1.807, 2.05) is 0 Å². The summed E-state index contributed by atoms with van der Waals surface area (Å²) in [5, 5.41) is 0. The van der Waals surface area contributed by atoms with Crippen LogP contribution in [-0.2, 0) is 14.4 Å². The topological polar surface area (TPSA) is 86.2 Å². The van der Waals surface area contributed by atoms with E-state index in [0.717, 1.165) is 0 Å². The molecule has 0 saturated heterocycles. The van der Waals surface area contributed by atoms with Crippen LogP contribution in [0.1, 0.15) is 41.5 Å². The number of hydrogen-bond acceptors (Lipinski definition) is 4. The fourth-order valence-corrected chi connectivity index (χ4v) is 0. The fourth-order valence-electron chi connectivity index (χ4n) is 0. The van der Waals surface area contributed by atoms with Gasteiger partial charge in [-0.3, -0.25) is 0 Å². The minimum atomic E-state index is 0. The smallest absolute Gasteiger partial charge is 0.126 e. The first kappa shape index (κ1) is 29.2. The van der Waals surface area contributed by atoms with E-state index in [1.54, 1.807) is 0 Å². The van der Waals surface area contributed by atoms with Crippen LogP contribution in [0.15, 0.2) is 0 Å². The molecule has 0 fully saturated rings. The maximum absolute atomic E-state index is 9.44. The summed E-state index contributed by atoms with van der Waals surface area (Å²) in [4.78, 5) is 28.3. The molecule has 0 aliphatic heterocycles. The molecule has 0 unspecified atom stereocenters. The molecule has 0 saturated carbocycles. The van der Waals surface area contributed by atoms with Gasteiger partial charge in [-0.15, -0.1) is 12.4 Å². The van der Waals surface area contributed by atoms with E-state index in [1.165, 1.54) is 41.5 Å². The van der Waals surface area contributed by atoms with E-state index < -0.39 is 0 Å². The Hall–Kier alpha value is -0.740. The third-order valence-electron chi connectivity index (χ3n) is 0. The van der Waals surface area contributed by atoms with Gasteiger partial charge in [-0.05, 0) is 41.5 Å². The Bertz CT molecular complexity index is 118. The van der Waals surface area contributed by atoms with E-state index >= 15 is 0 Å². The summed E-state index contributed by atoms with van der Waals surface area (Å²) in [6, 6.07) is 0. The number of ketones is 3. The number of carbonyl (C=O) groups excluding carboxylic acids is 3. The van der Waals surface area contributed by atoms with Crippen LogP contribution in [-0.4, -0.2) is 17.3 Å². The van der Waals surface area contributed by atoms with Crippen molar-refractivity contribution in [3.63, 3.8) is 0 Å². The number of hydrogen-bond donors (Lipinski definition) is 1. The minimum Gasteiger partial charge on any atom is -0.344 e. The minimum absolute atomic E-state index is 0. The van der Waals surface area contributed by atoms with Crippen LogP contribution in [0.4, 0.5) is 0 Å². The largest absolute Gasteiger partial charge is 0.344 e. The second-order valence-corrected chi connectivity index (χ2v) is 2.72. The first-order valence-electron chi connectivity index (χ1n) is 3.61. The predicted octanol–water partition coefficient (Wildman–Crippen LogP) is 2.37. The summed E-state index contributed by atoms with van der Waals surface area (Å²) in [6.45, 7) is 9.17. The Labute approximate surface area is 92.4 Å². The van der Waals surface area contributed by atoms with Crippen molar-refractivity contribution >= 4 is 29.8 Å². The van der Waals surface area contributed by atoms with Crippen LogP contribution in [0.5, 0.6) is 0 Å². The molecular formula is C9H22ClNO3. The Morgan fingerprint density at radius 3 is 0.571 bits per heavy atom. The van der Waals surface area contributed by atoms with Crippen molar-refractivity contribution in [1.29, 1.82) is 0 Å². The van der Waals surface area contributed by atoms with Crippen LogP contribution in [0, 0.1) is 0 Å². The van der Waals surface area contributed by atoms with Gasteiger partial charge in [0.1, 0.15) is 17.3 Å². The van der Waals surface area contributed by atoms with Gasteiger partial charge in [0.15, 0.2) is 0 Å². The second kappa shape index (κ2) is 22.8. The average molecular weight is 228 g/mol. The van der Waals surface area contributed by atoms with Crippen molar-refractivity contribution in [2.24, 2.45) is 0 Å². The van der Waals surface area contributed by atoms with Gasteiger partial charge in [0.05, 0.1) is 0 Å². The van der Waals surface area contributed by atoms with Crippen molar-refractivity contribution < 1.29 is 14.4 Å². The molecule has 0 rings (SSSR count). The standard InChI is InChI=1S/3C3H6O.ClH.H3N/c3*1-3(2)4;;/h3*1-2H3;1H;1H3. The molecule has 0 aromatic rings. The van der Waals surface area contributed by atoms with Gasteiger partial charge in [0, 0.05) is 0 Å². The molecule has 0 heterocycles. The fraction of sp³-hybridized carbons (Fsp3) is 0.667. The monoisotopic (exact) mass is 227 g/mol. The zero-order valence-electron chi connectivity index (χ0n) is 9.84. The van der Waals surface area contributed by atoms with Crippen molar-refractivity contribution in [3.05, 3.63) is 0 Å². The maximum Gasteiger partial charge on any atom is 0.126 e. The highest BCUT2D eigenvalue weighted by atomic mass is 35.5. The first-order valence-corrected chi connectivity index (χ1v) is 3.61. The van der Waals surface area contributed by atoms with Crippen LogP contribution >= 0.6 is 12.4 Å². The quantitative estimate of drug-likeness (QED) is 0.688. The van der Waals surface area contributed by atoms with E-state index in [0.29, 0.717) is 0 Å². The van der Waals surface area contributed by atoms with Gasteiger partial charge in [-0.2, -0.15) is 0 Å². The van der Waals surface area contributed by atoms with Crippen LogP contribution in [0.25, 0.3) is 0 Å². The molecule has 14 heavy (non-hydrogen) atoms. The molecule has 4 nitrogen and oxygen atoms in total. The van der Waals surface area contributed by atoms with Gasteiger partial charge in [-0.25, -0.2) is 0 Å². The summed E-state index contributed by atoms with van der Waals surface area (Å²) in [7, 11) is 0. The third kappa shape index (κ3) is 2160. The lowest BCUT2D eigenvalue weighted by Crippen LogP contribution is -1.69. The molecule has 0 aliphatic rings. The van der Waals surface area contributed by atoms with Crippen LogP contribution < -0.4 is 6.15 Å². The summed E-state index contributed by atoms with van der Waals surface area (Å²) < 4.78 is 0. The van der Waals surface area contributed by atoms with Gasteiger partial charge in [0.2, 0.25) is 0 Å².